The van der Waals surface area contributed by atoms with Crippen molar-refractivity contribution in [2.24, 2.45) is 5.16 Å². The summed E-state index contributed by atoms with van der Waals surface area (Å²) < 4.78 is 5.39. The average Bonchev–Trinajstić information content (AvgIpc) is 2.47. The Kier molecular flexibility index (Phi) is 5.41. The molecular formula is C17H24N2O3. The van der Waals surface area contributed by atoms with Gasteiger partial charge >= 0.3 is 6.09 Å². The molecule has 0 atom stereocenters. The number of benzene rings is 1. The highest BCUT2D eigenvalue weighted by molar-refractivity contribution is 5.89. The standard InChI is InChI=1S/C17H24N2O3/c1-17(2,3)22-16(20)19-11-7-10-15(12-19)18-21-13-14-8-5-4-6-9-14/h4-6,8-9H,7,10-13H2,1-3H3. The molecule has 1 saturated heterocycles. The maximum Gasteiger partial charge on any atom is 0.410 e. The van der Waals surface area contributed by atoms with Gasteiger partial charge in [0.2, 0.25) is 0 Å². The van der Waals surface area contributed by atoms with Crippen LogP contribution in [0.3, 0.4) is 0 Å². The molecule has 0 unspecified atom stereocenters. The molecule has 1 aliphatic rings. The van der Waals surface area contributed by atoms with Gasteiger partial charge in [0.15, 0.2) is 0 Å². The lowest BCUT2D eigenvalue weighted by Crippen LogP contribution is -2.43. The summed E-state index contributed by atoms with van der Waals surface area (Å²) in [6, 6.07) is 9.89. The molecule has 0 radical (unpaired) electrons. The largest absolute Gasteiger partial charge is 0.444 e. The topological polar surface area (TPSA) is 51.1 Å². The fraction of sp³-hybridized carbons (Fsp3) is 0.529. The number of rotatable bonds is 3. The minimum absolute atomic E-state index is 0.289. The van der Waals surface area contributed by atoms with Gasteiger partial charge in [0, 0.05) is 6.54 Å². The summed E-state index contributed by atoms with van der Waals surface area (Å²) in [5.41, 5.74) is 1.48. The van der Waals surface area contributed by atoms with Crippen molar-refractivity contribution in [2.45, 2.75) is 45.8 Å². The lowest BCUT2D eigenvalue weighted by atomic mass is 10.1. The third-order valence-corrected chi connectivity index (χ3v) is 3.19. The number of amides is 1. The van der Waals surface area contributed by atoms with E-state index in [2.05, 4.69) is 5.16 Å². The molecule has 22 heavy (non-hydrogen) atoms. The number of likely N-dealkylation sites (tertiary alicyclic amines) is 1. The normalized spacial score (nSPS) is 17.4. The van der Waals surface area contributed by atoms with Crippen molar-refractivity contribution in [3.05, 3.63) is 35.9 Å². The molecule has 0 N–H and O–H groups in total. The van der Waals surface area contributed by atoms with E-state index in [1.807, 2.05) is 51.1 Å². The van der Waals surface area contributed by atoms with Gasteiger partial charge in [0.25, 0.3) is 0 Å². The second-order valence-electron chi connectivity index (χ2n) is 6.42. The van der Waals surface area contributed by atoms with Crippen LogP contribution < -0.4 is 0 Å². The third kappa shape index (κ3) is 5.39. The van der Waals surface area contributed by atoms with Crippen molar-refractivity contribution in [3.8, 4) is 0 Å². The molecule has 1 aromatic rings. The van der Waals surface area contributed by atoms with Crippen LogP contribution in [0.4, 0.5) is 4.79 Å². The quantitative estimate of drug-likeness (QED) is 0.802. The molecule has 2 rings (SSSR count). The van der Waals surface area contributed by atoms with Gasteiger partial charge in [-0.2, -0.15) is 0 Å². The van der Waals surface area contributed by atoms with Gasteiger partial charge < -0.3 is 14.5 Å². The zero-order chi connectivity index (χ0) is 16.0. The van der Waals surface area contributed by atoms with Crippen LogP contribution in [0.1, 0.15) is 39.2 Å². The predicted molar refractivity (Wildman–Crippen MR) is 85.7 cm³/mol. The van der Waals surface area contributed by atoms with Crippen LogP contribution in [-0.4, -0.2) is 35.4 Å². The molecule has 0 aromatic heterocycles. The second-order valence-corrected chi connectivity index (χ2v) is 6.42. The van der Waals surface area contributed by atoms with E-state index in [1.54, 1.807) is 4.90 Å². The lowest BCUT2D eigenvalue weighted by molar-refractivity contribution is 0.0262. The van der Waals surface area contributed by atoms with Gasteiger partial charge in [-0.15, -0.1) is 0 Å². The van der Waals surface area contributed by atoms with Crippen LogP contribution in [0, 0.1) is 0 Å². The van der Waals surface area contributed by atoms with E-state index >= 15 is 0 Å². The number of hydrogen-bond donors (Lipinski definition) is 0. The van der Waals surface area contributed by atoms with E-state index < -0.39 is 5.60 Å². The smallest absolute Gasteiger partial charge is 0.410 e. The summed E-state index contributed by atoms with van der Waals surface area (Å²) in [5.74, 6) is 0. The molecule has 1 amide bonds. The Bertz CT molecular complexity index is 520. The Hall–Kier alpha value is -2.04. The van der Waals surface area contributed by atoms with E-state index in [1.165, 1.54) is 0 Å². The van der Waals surface area contributed by atoms with Crippen molar-refractivity contribution in [3.63, 3.8) is 0 Å². The van der Waals surface area contributed by atoms with Crippen molar-refractivity contribution < 1.29 is 14.4 Å². The number of nitrogens with zero attached hydrogens (tertiary/aromatic N) is 2. The van der Waals surface area contributed by atoms with Gasteiger partial charge in [0.05, 0.1) is 12.3 Å². The summed E-state index contributed by atoms with van der Waals surface area (Å²) >= 11 is 0. The van der Waals surface area contributed by atoms with Gasteiger partial charge in [-0.1, -0.05) is 35.5 Å². The highest BCUT2D eigenvalue weighted by Gasteiger charge is 2.25. The Balaban J connectivity index is 1.84. The first-order valence-electron chi connectivity index (χ1n) is 7.63. The summed E-state index contributed by atoms with van der Waals surface area (Å²) in [7, 11) is 0. The molecular weight excluding hydrogens is 280 g/mol. The molecule has 120 valence electrons. The number of carbonyl (C=O) groups excluding carboxylic acids is 1. The minimum atomic E-state index is -0.477. The monoisotopic (exact) mass is 304 g/mol. The summed E-state index contributed by atoms with van der Waals surface area (Å²) in [4.78, 5) is 19.1. The SMILES string of the molecule is CC(C)(C)OC(=O)N1CCCC(=NOCc2ccccc2)C1. The predicted octanol–water partition coefficient (Wildman–Crippen LogP) is 3.59. The van der Waals surface area contributed by atoms with Crippen molar-refractivity contribution in [1.82, 2.24) is 4.90 Å². The van der Waals surface area contributed by atoms with Crippen LogP contribution in [0.5, 0.6) is 0 Å². The molecule has 0 spiro atoms. The summed E-state index contributed by atoms with van der Waals surface area (Å²) in [6.07, 6.45) is 1.45. The molecule has 1 aliphatic heterocycles. The van der Waals surface area contributed by atoms with E-state index in [9.17, 15) is 4.79 Å². The lowest BCUT2D eigenvalue weighted by Gasteiger charge is -2.30. The van der Waals surface area contributed by atoms with E-state index in [0.29, 0.717) is 19.7 Å². The van der Waals surface area contributed by atoms with Crippen LogP contribution in [0.25, 0.3) is 0 Å². The molecule has 5 nitrogen and oxygen atoms in total. The molecule has 1 heterocycles. The van der Waals surface area contributed by atoms with Crippen LogP contribution >= 0.6 is 0 Å². The van der Waals surface area contributed by atoms with Gasteiger partial charge in [-0.3, -0.25) is 0 Å². The third-order valence-electron chi connectivity index (χ3n) is 3.19. The first kappa shape index (κ1) is 16.3. The number of carbonyl (C=O) groups is 1. The molecule has 5 heteroatoms. The van der Waals surface area contributed by atoms with E-state index in [-0.39, 0.29) is 6.09 Å². The van der Waals surface area contributed by atoms with E-state index in [4.69, 9.17) is 9.57 Å². The first-order valence-corrected chi connectivity index (χ1v) is 7.63. The van der Waals surface area contributed by atoms with Crippen LogP contribution in [0.15, 0.2) is 35.5 Å². The first-order chi connectivity index (χ1) is 10.4. The van der Waals surface area contributed by atoms with Crippen LogP contribution in [0.2, 0.25) is 0 Å². The molecule has 0 bridgehead atoms. The zero-order valence-corrected chi connectivity index (χ0v) is 13.5. The van der Waals surface area contributed by atoms with E-state index in [0.717, 1.165) is 24.1 Å². The van der Waals surface area contributed by atoms with Crippen molar-refractivity contribution in [1.29, 1.82) is 0 Å². The molecule has 1 fully saturated rings. The average molecular weight is 304 g/mol. The fourth-order valence-corrected chi connectivity index (χ4v) is 2.18. The fourth-order valence-electron chi connectivity index (χ4n) is 2.18. The number of piperidine rings is 1. The maximum atomic E-state index is 12.1. The highest BCUT2D eigenvalue weighted by Crippen LogP contribution is 2.14. The molecule has 0 aliphatic carbocycles. The van der Waals surface area contributed by atoms with Gasteiger partial charge in [0.1, 0.15) is 12.2 Å². The number of ether oxygens (including phenoxy) is 1. The van der Waals surface area contributed by atoms with Crippen molar-refractivity contribution >= 4 is 11.8 Å². The number of oxime groups is 1. The minimum Gasteiger partial charge on any atom is -0.444 e. The summed E-state index contributed by atoms with van der Waals surface area (Å²) in [5, 5.41) is 4.17. The van der Waals surface area contributed by atoms with Crippen molar-refractivity contribution in [2.75, 3.05) is 13.1 Å². The summed E-state index contributed by atoms with van der Waals surface area (Å²) in [6.45, 7) is 7.22. The van der Waals surface area contributed by atoms with Gasteiger partial charge in [-0.25, -0.2) is 4.79 Å². The Morgan fingerprint density at radius 3 is 2.68 bits per heavy atom. The second kappa shape index (κ2) is 7.29. The Morgan fingerprint density at radius 1 is 1.27 bits per heavy atom. The highest BCUT2D eigenvalue weighted by atomic mass is 16.6. The molecule has 1 aromatic carbocycles. The molecule has 0 saturated carbocycles. The maximum absolute atomic E-state index is 12.1. The van der Waals surface area contributed by atoms with Gasteiger partial charge in [-0.05, 0) is 39.2 Å². The Labute approximate surface area is 131 Å². The van der Waals surface area contributed by atoms with Crippen LogP contribution in [-0.2, 0) is 16.2 Å². The zero-order valence-electron chi connectivity index (χ0n) is 13.5. The number of hydrogen-bond acceptors (Lipinski definition) is 4. The Morgan fingerprint density at radius 2 is 2.00 bits per heavy atom.